The Morgan fingerprint density at radius 1 is 1.44 bits per heavy atom. The van der Waals surface area contributed by atoms with Gasteiger partial charge >= 0.3 is 0 Å². The Bertz CT molecular complexity index is 84.6. The quantitative estimate of drug-likeness (QED) is 0.438. The lowest BCUT2D eigenvalue weighted by Crippen LogP contribution is -2.00. The van der Waals surface area contributed by atoms with Crippen molar-refractivity contribution in [3.05, 3.63) is 24.9 Å². The largest absolute Gasteiger partial charge is 0.391 e. The predicted octanol–water partition coefficient (Wildman–Crippen LogP) is 2.08. The third kappa shape index (κ3) is 7.28. The molecule has 1 nitrogen and oxygen atoms in total. The Morgan fingerprint density at radius 3 is 2.78 bits per heavy atom. The van der Waals surface area contributed by atoms with Crippen molar-refractivity contribution in [3.8, 4) is 0 Å². The highest BCUT2D eigenvalue weighted by atomic mass is 14.8. The van der Waals surface area contributed by atoms with E-state index in [1.165, 1.54) is 0 Å². The molecule has 0 aromatic heterocycles. The van der Waals surface area contributed by atoms with Crippen molar-refractivity contribution in [2.45, 2.75) is 19.8 Å². The van der Waals surface area contributed by atoms with Gasteiger partial charge in [-0.05, 0) is 26.0 Å². The van der Waals surface area contributed by atoms with E-state index in [2.05, 4.69) is 24.9 Å². The molecule has 1 N–H and O–H groups in total. The molecule has 0 aliphatic carbocycles. The summed E-state index contributed by atoms with van der Waals surface area (Å²) in [7, 11) is 0. The Morgan fingerprint density at radius 2 is 2.22 bits per heavy atom. The average Bonchev–Trinajstić information content (AvgIpc) is 1.89. The van der Waals surface area contributed by atoms with Crippen LogP contribution in [0.5, 0.6) is 0 Å². The van der Waals surface area contributed by atoms with Crippen molar-refractivity contribution in [1.82, 2.24) is 5.32 Å². The van der Waals surface area contributed by atoms with Gasteiger partial charge in [-0.25, -0.2) is 0 Å². The van der Waals surface area contributed by atoms with Crippen molar-refractivity contribution < 1.29 is 0 Å². The minimum absolute atomic E-state index is 1.00. The van der Waals surface area contributed by atoms with E-state index in [0.29, 0.717) is 0 Å². The van der Waals surface area contributed by atoms with Crippen molar-refractivity contribution in [2.75, 3.05) is 6.54 Å². The fourth-order valence-electron chi connectivity index (χ4n) is 0.499. The van der Waals surface area contributed by atoms with E-state index in [1.807, 2.05) is 12.3 Å². The molecular formula is C8H15N. The van der Waals surface area contributed by atoms with E-state index in [-0.39, 0.29) is 0 Å². The third-order valence-electron chi connectivity index (χ3n) is 0.977. The lowest BCUT2D eigenvalue weighted by molar-refractivity contribution is 0.905. The van der Waals surface area contributed by atoms with Crippen LogP contribution in [0.3, 0.4) is 0 Å². The van der Waals surface area contributed by atoms with E-state index in [4.69, 9.17) is 0 Å². The first-order valence-corrected chi connectivity index (χ1v) is 3.41. The maximum absolute atomic E-state index is 3.62. The van der Waals surface area contributed by atoms with Crippen LogP contribution in [-0.2, 0) is 0 Å². The van der Waals surface area contributed by atoms with Crippen LogP contribution >= 0.6 is 0 Å². The zero-order chi connectivity index (χ0) is 6.95. The first-order chi connectivity index (χ1) is 4.41. The van der Waals surface area contributed by atoms with Crippen LogP contribution in [0, 0.1) is 0 Å². The summed E-state index contributed by atoms with van der Waals surface area (Å²) in [5, 5.41) is 3.09. The molecule has 0 unspecified atom stereocenters. The average molecular weight is 125 g/mol. The summed E-state index contributed by atoms with van der Waals surface area (Å²) >= 11 is 0. The van der Waals surface area contributed by atoms with Gasteiger partial charge in [-0.2, -0.15) is 0 Å². The van der Waals surface area contributed by atoms with Gasteiger partial charge in [0.25, 0.3) is 0 Å². The standard InChI is InChI=1S/C8H15N/c1-3-5-6-7-8-9-4-2/h3,7-9H,1,4-6H2,2H3/b8-7+. The van der Waals surface area contributed by atoms with E-state index >= 15 is 0 Å². The van der Waals surface area contributed by atoms with Gasteiger partial charge in [0.1, 0.15) is 0 Å². The molecule has 9 heavy (non-hydrogen) atoms. The molecule has 0 atom stereocenters. The van der Waals surface area contributed by atoms with E-state index < -0.39 is 0 Å². The Hall–Kier alpha value is -0.720. The van der Waals surface area contributed by atoms with E-state index in [9.17, 15) is 0 Å². The topological polar surface area (TPSA) is 12.0 Å². The van der Waals surface area contributed by atoms with Gasteiger partial charge in [0.15, 0.2) is 0 Å². The first-order valence-electron chi connectivity index (χ1n) is 3.41. The molecule has 0 aliphatic rings. The number of hydrogen-bond acceptors (Lipinski definition) is 1. The molecule has 0 saturated heterocycles. The lowest BCUT2D eigenvalue weighted by Gasteiger charge is -1.89. The summed E-state index contributed by atoms with van der Waals surface area (Å²) in [6.45, 7) is 6.71. The highest BCUT2D eigenvalue weighted by Crippen LogP contribution is 1.88. The minimum Gasteiger partial charge on any atom is -0.391 e. The first kappa shape index (κ1) is 8.28. The monoisotopic (exact) mass is 125 g/mol. The molecule has 0 aliphatic heterocycles. The van der Waals surface area contributed by atoms with Gasteiger partial charge in [0, 0.05) is 6.54 Å². The van der Waals surface area contributed by atoms with Crippen molar-refractivity contribution >= 4 is 0 Å². The fourth-order valence-corrected chi connectivity index (χ4v) is 0.499. The van der Waals surface area contributed by atoms with Gasteiger partial charge in [-0.15, -0.1) is 6.58 Å². The fraction of sp³-hybridized carbons (Fsp3) is 0.500. The van der Waals surface area contributed by atoms with Crippen LogP contribution in [0.2, 0.25) is 0 Å². The van der Waals surface area contributed by atoms with E-state index in [1.54, 1.807) is 0 Å². The minimum atomic E-state index is 1.00. The number of allylic oxidation sites excluding steroid dienone is 2. The summed E-state index contributed by atoms with van der Waals surface area (Å²) in [6, 6.07) is 0. The van der Waals surface area contributed by atoms with Gasteiger partial charge in [-0.1, -0.05) is 12.2 Å². The molecule has 1 heteroatoms. The number of unbranched alkanes of at least 4 members (excludes halogenated alkanes) is 1. The van der Waals surface area contributed by atoms with Crippen molar-refractivity contribution in [3.63, 3.8) is 0 Å². The molecule has 52 valence electrons. The molecule has 0 spiro atoms. The molecule has 0 bridgehead atoms. The maximum Gasteiger partial charge on any atom is 0.0112 e. The molecule has 0 aromatic carbocycles. The molecule has 0 fully saturated rings. The smallest absolute Gasteiger partial charge is 0.0112 e. The van der Waals surface area contributed by atoms with Crippen LogP contribution in [0.4, 0.5) is 0 Å². The maximum atomic E-state index is 3.62. The third-order valence-corrected chi connectivity index (χ3v) is 0.977. The second-order valence-corrected chi connectivity index (χ2v) is 1.83. The lowest BCUT2D eigenvalue weighted by atomic mass is 10.3. The summed E-state index contributed by atoms with van der Waals surface area (Å²) < 4.78 is 0. The molecule has 0 aromatic rings. The number of hydrogen-bond donors (Lipinski definition) is 1. The number of nitrogens with one attached hydrogen (secondary N) is 1. The van der Waals surface area contributed by atoms with Crippen molar-refractivity contribution in [2.24, 2.45) is 0 Å². The van der Waals surface area contributed by atoms with Gasteiger partial charge in [0.2, 0.25) is 0 Å². The molecule has 0 rings (SSSR count). The highest BCUT2D eigenvalue weighted by molar-refractivity contribution is 4.81. The van der Waals surface area contributed by atoms with Crippen LogP contribution in [0.25, 0.3) is 0 Å². The zero-order valence-corrected chi connectivity index (χ0v) is 6.06. The Kier molecular flexibility index (Phi) is 6.70. The molecule has 0 radical (unpaired) electrons. The molecule has 0 heterocycles. The summed E-state index contributed by atoms with van der Waals surface area (Å²) in [5.74, 6) is 0. The molecule has 0 saturated carbocycles. The zero-order valence-electron chi connectivity index (χ0n) is 6.06. The number of rotatable bonds is 5. The van der Waals surface area contributed by atoms with Gasteiger partial charge in [0.05, 0.1) is 0 Å². The Balaban J connectivity index is 2.94. The molecular weight excluding hydrogens is 110 g/mol. The summed E-state index contributed by atoms with van der Waals surface area (Å²) in [6.07, 6.45) is 8.20. The van der Waals surface area contributed by atoms with Crippen LogP contribution in [0.15, 0.2) is 24.9 Å². The Labute approximate surface area is 57.5 Å². The second-order valence-electron chi connectivity index (χ2n) is 1.83. The van der Waals surface area contributed by atoms with Gasteiger partial charge < -0.3 is 5.32 Å². The van der Waals surface area contributed by atoms with Crippen molar-refractivity contribution in [1.29, 1.82) is 0 Å². The SMILES string of the molecule is C=CCC/C=C/NCC. The van der Waals surface area contributed by atoms with E-state index in [0.717, 1.165) is 19.4 Å². The summed E-state index contributed by atoms with van der Waals surface area (Å²) in [5.41, 5.74) is 0. The summed E-state index contributed by atoms with van der Waals surface area (Å²) in [4.78, 5) is 0. The molecule has 0 amide bonds. The van der Waals surface area contributed by atoms with Gasteiger partial charge in [-0.3, -0.25) is 0 Å². The van der Waals surface area contributed by atoms with Crippen LogP contribution < -0.4 is 5.32 Å². The normalized spacial score (nSPS) is 9.89. The van der Waals surface area contributed by atoms with Crippen LogP contribution in [-0.4, -0.2) is 6.54 Å². The highest BCUT2D eigenvalue weighted by Gasteiger charge is 1.71. The second kappa shape index (κ2) is 7.28. The van der Waals surface area contributed by atoms with Crippen LogP contribution in [0.1, 0.15) is 19.8 Å². The predicted molar refractivity (Wildman–Crippen MR) is 42.2 cm³/mol.